The lowest BCUT2D eigenvalue weighted by molar-refractivity contribution is -0.142. The van der Waals surface area contributed by atoms with Gasteiger partial charge in [-0.1, -0.05) is 12.1 Å². The Morgan fingerprint density at radius 2 is 2.22 bits per heavy atom. The molecule has 1 aromatic carbocycles. The maximum Gasteiger partial charge on any atom is 0.306 e. The van der Waals surface area contributed by atoms with Crippen LogP contribution in [0.2, 0.25) is 0 Å². The third-order valence-corrected chi connectivity index (χ3v) is 4.88. The predicted molar refractivity (Wildman–Crippen MR) is 88.3 cm³/mol. The Labute approximate surface area is 138 Å². The molecule has 0 atom stereocenters. The number of carboxylic acids is 1. The predicted octanol–water partition coefficient (Wildman–Crippen LogP) is 2.44. The lowest BCUT2D eigenvalue weighted by Crippen LogP contribution is -2.36. The fraction of sp³-hybridized carbons (Fsp3) is 0.438. The van der Waals surface area contributed by atoms with Gasteiger partial charge in [0.1, 0.15) is 11.6 Å². The van der Waals surface area contributed by atoms with Gasteiger partial charge in [0, 0.05) is 31.0 Å². The molecule has 1 fully saturated rings. The second-order valence-electron chi connectivity index (χ2n) is 5.62. The number of anilines is 1. The van der Waals surface area contributed by atoms with E-state index in [1.807, 2.05) is 24.3 Å². The van der Waals surface area contributed by atoms with Crippen molar-refractivity contribution in [2.24, 2.45) is 5.92 Å². The Kier molecular flexibility index (Phi) is 4.76. The van der Waals surface area contributed by atoms with Crippen LogP contribution in [-0.2, 0) is 11.2 Å². The van der Waals surface area contributed by atoms with E-state index >= 15 is 0 Å². The largest absolute Gasteiger partial charge is 0.497 e. The van der Waals surface area contributed by atoms with Crippen molar-refractivity contribution in [1.82, 2.24) is 9.36 Å². The van der Waals surface area contributed by atoms with E-state index in [0.29, 0.717) is 19.3 Å². The van der Waals surface area contributed by atoms with Gasteiger partial charge < -0.3 is 14.7 Å². The molecule has 0 amide bonds. The molecule has 23 heavy (non-hydrogen) atoms. The van der Waals surface area contributed by atoms with Crippen molar-refractivity contribution in [3.05, 3.63) is 35.7 Å². The van der Waals surface area contributed by atoms with Crippen LogP contribution < -0.4 is 9.64 Å². The molecule has 3 rings (SSSR count). The fourth-order valence-electron chi connectivity index (χ4n) is 2.73. The molecule has 1 aliphatic heterocycles. The van der Waals surface area contributed by atoms with Crippen molar-refractivity contribution < 1.29 is 14.6 Å². The Hall–Kier alpha value is -2.15. The van der Waals surface area contributed by atoms with Crippen LogP contribution in [0.5, 0.6) is 5.75 Å². The molecular weight excluding hydrogens is 314 g/mol. The fourth-order valence-corrected chi connectivity index (χ4v) is 3.46. The van der Waals surface area contributed by atoms with E-state index < -0.39 is 5.97 Å². The molecule has 6 nitrogen and oxygen atoms in total. The quantitative estimate of drug-likeness (QED) is 0.906. The van der Waals surface area contributed by atoms with Gasteiger partial charge in [0.2, 0.25) is 5.13 Å². The van der Waals surface area contributed by atoms with Gasteiger partial charge in [-0.3, -0.25) is 4.79 Å². The number of nitrogens with zero attached hydrogens (tertiary/aromatic N) is 3. The number of carboxylic acid groups (broad SMARTS) is 1. The van der Waals surface area contributed by atoms with E-state index in [0.717, 1.165) is 35.4 Å². The average Bonchev–Trinajstić information content (AvgIpc) is 3.03. The summed E-state index contributed by atoms with van der Waals surface area (Å²) in [7, 11) is 1.65. The first-order valence-corrected chi connectivity index (χ1v) is 8.36. The molecule has 0 spiro atoms. The second-order valence-corrected chi connectivity index (χ2v) is 6.35. The van der Waals surface area contributed by atoms with Crippen molar-refractivity contribution in [2.45, 2.75) is 19.3 Å². The minimum Gasteiger partial charge on any atom is -0.497 e. The number of methoxy groups -OCH3 is 1. The van der Waals surface area contributed by atoms with E-state index in [2.05, 4.69) is 14.3 Å². The molecule has 2 aromatic rings. The van der Waals surface area contributed by atoms with E-state index in [9.17, 15) is 4.79 Å². The van der Waals surface area contributed by atoms with E-state index in [4.69, 9.17) is 9.84 Å². The molecule has 1 aliphatic rings. The smallest absolute Gasteiger partial charge is 0.306 e. The molecular formula is C16H19N3O3S. The normalized spacial score (nSPS) is 15.6. The Bertz CT molecular complexity index is 681. The van der Waals surface area contributed by atoms with Crippen molar-refractivity contribution in [3.8, 4) is 5.75 Å². The summed E-state index contributed by atoms with van der Waals surface area (Å²) in [6, 6.07) is 7.88. The Morgan fingerprint density at radius 3 is 2.91 bits per heavy atom. The number of hydrogen-bond donors (Lipinski definition) is 1. The number of ether oxygens (including phenoxy) is 1. The number of aromatic nitrogens is 2. The molecule has 0 saturated carbocycles. The molecule has 0 radical (unpaired) electrons. The molecule has 2 heterocycles. The highest BCUT2D eigenvalue weighted by Gasteiger charge is 2.26. The third-order valence-electron chi connectivity index (χ3n) is 4.07. The summed E-state index contributed by atoms with van der Waals surface area (Å²) in [5.41, 5.74) is 1.11. The molecule has 0 aliphatic carbocycles. The Morgan fingerprint density at radius 1 is 1.43 bits per heavy atom. The van der Waals surface area contributed by atoms with Crippen LogP contribution in [0.1, 0.15) is 24.2 Å². The summed E-state index contributed by atoms with van der Waals surface area (Å²) >= 11 is 1.38. The van der Waals surface area contributed by atoms with Gasteiger partial charge >= 0.3 is 5.97 Å². The molecule has 7 heteroatoms. The average molecular weight is 333 g/mol. The van der Waals surface area contributed by atoms with Gasteiger partial charge in [-0.25, -0.2) is 4.98 Å². The topological polar surface area (TPSA) is 75.5 Å². The van der Waals surface area contributed by atoms with Crippen LogP contribution in [-0.4, -0.2) is 40.6 Å². The highest BCUT2D eigenvalue weighted by Crippen LogP contribution is 2.25. The van der Waals surface area contributed by atoms with Crippen LogP contribution in [0.25, 0.3) is 0 Å². The molecule has 1 saturated heterocycles. The summed E-state index contributed by atoms with van der Waals surface area (Å²) in [5, 5.41) is 9.93. The van der Waals surface area contributed by atoms with Crippen LogP contribution >= 0.6 is 11.5 Å². The number of aliphatic carboxylic acids is 1. The molecule has 1 N–H and O–H groups in total. The summed E-state index contributed by atoms with van der Waals surface area (Å²) < 4.78 is 9.66. The van der Waals surface area contributed by atoms with Gasteiger partial charge in [-0.15, -0.1) is 0 Å². The highest BCUT2D eigenvalue weighted by molar-refractivity contribution is 7.09. The summed E-state index contributed by atoms with van der Waals surface area (Å²) in [6.45, 7) is 1.45. The first-order chi connectivity index (χ1) is 11.2. The Balaban J connectivity index is 1.63. The minimum atomic E-state index is -0.694. The standard InChI is InChI=1S/C16H19N3O3S/c1-22-13-4-2-3-11(9-13)10-14-17-16(23-18-14)19-7-5-12(6-8-19)15(20)21/h2-4,9,12H,5-8,10H2,1H3,(H,20,21). The number of carbonyl (C=O) groups is 1. The lowest BCUT2D eigenvalue weighted by atomic mass is 9.98. The van der Waals surface area contributed by atoms with Crippen LogP contribution in [0.3, 0.4) is 0 Å². The zero-order valence-electron chi connectivity index (χ0n) is 12.9. The minimum absolute atomic E-state index is 0.226. The van der Waals surface area contributed by atoms with Crippen LogP contribution in [0.4, 0.5) is 5.13 Å². The molecule has 0 unspecified atom stereocenters. The number of rotatable bonds is 5. The maximum atomic E-state index is 11.0. The maximum absolute atomic E-state index is 11.0. The van der Waals surface area contributed by atoms with Gasteiger partial charge in [0.15, 0.2) is 0 Å². The zero-order valence-corrected chi connectivity index (χ0v) is 13.8. The van der Waals surface area contributed by atoms with E-state index in [1.165, 1.54) is 11.5 Å². The van der Waals surface area contributed by atoms with Crippen molar-refractivity contribution >= 4 is 22.6 Å². The first kappa shape index (κ1) is 15.7. The van der Waals surface area contributed by atoms with Crippen molar-refractivity contribution in [3.63, 3.8) is 0 Å². The molecule has 1 aromatic heterocycles. The van der Waals surface area contributed by atoms with Gasteiger partial charge in [0.05, 0.1) is 13.0 Å². The van der Waals surface area contributed by atoms with Crippen molar-refractivity contribution in [1.29, 1.82) is 0 Å². The van der Waals surface area contributed by atoms with E-state index in [-0.39, 0.29) is 5.92 Å². The number of piperidine rings is 1. The van der Waals surface area contributed by atoms with Crippen LogP contribution in [0, 0.1) is 5.92 Å². The second kappa shape index (κ2) is 6.95. The monoisotopic (exact) mass is 333 g/mol. The SMILES string of the molecule is COc1cccc(Cc2nsc(N3CCC(C(=O)O)CC3)n2)c1. The van der Waals surface area contributed by atoms with E-state index in [1.54, 1.807) is 7.11 Å². The number of hydrogen-bond acceptors (Lipinski definition) is 6. The van der Waals surface area contributed by atoms with Gasteiger partial charge in [-0.2, -0.15) is 4.37 Å². The first-order valence-electron chi connectivity index (χ1n) is 7.59. The molecule has 0 bridgehead atoms. The zero-order chi connectivity index (χ0) is 16.2. The third kappa shape index (κ3) is 3.79. The summed E-state index contributed by atoms with van der Waals surface area (Å²) in [6.07, 6.45) is 2.00. The lowest BCUT2D eigenvalue weighted by Gasteiger charge is -2.29. The number of benzene rings is 1. The summed E-state index contributed by atoms with van der Waals surface area (Å²) in [5.74, 6) is 0.698. The summed E-state index contributed by atoms with van der Waals surface area (Å²) in [4.78, 5) is 17.7. The van der Waals surface area contributed by atoms with Gasteiger partial charge in [-0.05, 0) is 30.5 Å². The van der Waals surface area contributed by atoms with Gasteiger partial charge in [0.25, 0.3) is 0 Å². The highest BCUT2D eigenvalue weighted by atomic mass is 32.1. The van der Waals surface area contributed by atoms with Crippen molar-refractivity contribution in [2.75, 3.05) is 25.1 Å². The van der Waals surface area contributed by atoms with Crippen LogP contribution in [0.15, 0.2) is 24.3 Å². The molecule has 122 valence electrons.